The van der Waals surface area contributed by atoms with E-state index in [2.05, 4.69) is 4.98 Å². The topological polar surface area (TPSA) is 50.2 Å². The largest absolute Gasteiger partial charge is 0.481 e. The van der Waals surface area contributed by atoms with Crippen LogP contribution in [-0.4, -0.2) is 21.8 Å². The van der Waals surface area contributed by atoms with Crippen LogP contribution in [0.15, 0.2) is 23.4 Å². The van der Waals surface area contributed by atoms with Gasteiger partial charge in [-0.05, 0) is 11.8 Å². The van der Waals surface area contributed by atoms with Crippen molar-refractivity contribution >= 4 is 17.7 Å². The molecule has 0 amide bonds. The van der Waals surface area contributed by atoms with Crippen LogP contribution in [0.5, 0.6) is 0 Å². The number of alkyl halides is 3. The minimum atomic E-state index is -4.29. The molecule has 0 aliphatic rings. The number of carboxylic acids is 1. The molecule has 0 spiro atoms. The van der Waals surface area contributed by atoms with E-state index in [4.69, 9.17) is 9.90 Å². The van der Waals surface area contributed by atoms with E-state index in [1.165, 1.54) is 18.0 Å². The van der Waals surface area contributed by atoms with Crippen molar-refractivity contribution in [3.63, 3.8) is 0 Å². The summed E-state index contributed by atoms with van der Waals surface area (Å²) in [7, 11) is 0. The fraction of sp³-hybridized carbons (Fsp3) is 0.400. The SMILES string of the molecule is CC(=O)O.CCSc1cncc(C(F)(F)F)c1. The van der Waals surface area contributed by atoms with E-state index < -0.39 is 17.7 Å². The Bertz CT molecular complexity index is 365. The van der Waals surface area contributed by atoms with Crippen molar-refractivity contribution < 1.29 is 23.1 Å². The number of halogens is 3. The number of carbonyl (C=O) groups is 1. The maximum Gasteiger partial charge on any atom is 0.417 e. The first-order valence-electron chi connectivity index (χ1n) is 4.62. The first-order valence-corrected chi connectivity index (χ1v) is 5.60. The molecule has 17 heavy (non-hydrogen) atoms. The van der Waals surface area contributed by atoms with Crippen LogP contribution in [0.4, 0.5) is 13.2 Å². The van der Waals surface area contributed by atoms with Gasteiger partial charge in [0, 0.05) is 24.2 Å². The number of hydrogen-bond acceptors (Lipinski definition) is 3. The molecule has 0 atom stereocenters. The molecule has 1 N–H and O–H groups in total. The second-order valence-corrected chi connectivity index (χ2v) is 4.20. The predicted molar refractivity (Wildman–Crippen MR) is 58.9 cm³/mol. The normalized spacial score (nSPS) is 10.4. The van der Waals surface area contributed by atoms with E-state index in [1.54, 1.807) is 0 Å². The van der Waals surface area contributed by atoms with Crippen molar-refractivity contribution in [2.24, 2.45) is 0 Å². The van der Waals surface area contributed by atoms with Crippen molar-refractivity contribution in [3.05, 3.63) is 24.0 Å². The zero-order chi connectivity index (χ0) is 13.5. The molecule has 1 aromatic rings. The van der Waals surface area contributed by atoms with E-state index >= 15 is 0 Å². The summed E-state index contributed by atoms with van der Waals surface area (Å²) in [5.74, 6) is -0.0943. The third-order valence-electron chi connectivity index (χ3n) is 1.35. The van der Waals surface area contributed by atoms with Gasteiger partial charge in [0.25, 0.3) is 5.97 Å². The molecule has 0 saturated carbocycles. The van der Waals surface area contributed by atoms with Crippen LogP contribution >= 0.6 is 11.8 Å². The Morgan fingerprint density at radius 2 is 2.00 bits per heavy atom. The standard InChI is InChI=1S/C8H8F3NS.C2H4O2/c1-2-13-7-3-6(4-12-5-7)8(9,10)11;1-2(3)4/h3-5H,2H2,1H3;1H3,(H,3,4). The average Bonchev–Trinajstić information content (AvgIpc) is 2.16. The molecule has 3 nitrogen and oxygen atoms in total. The molecule has 1 aromatic heterocycles. The molecule has 0 bridgehead atoms. The zero-order valence-corrected chi connectivity index (χ0v) is 10.1. The average molecular weight is 267 g/mol. The van der Waals surface area contributed by atoms with Gasteiger partial charge >= 0.3 is 6.18 Å². The molecule has 0 fully saturated rings. The van der Waals surface area contributed by atoms with Crippen molar-refractivity contribution in [1.29, 1.82) is 0 Å². The number of carboxylic acid groups (broad SMARTS) is 1. The third kappa shape index (κ3) is 7.62. The third-order valence-corrected chi connectivity index (χ3v) is 2.20. The quantitative estimate of drug-likeness (QED) is 0.835. The lowest BCUT2D eigenvalue weighted by Gasteiger charge is -2.06. The maximum atomic E-state index is 12.2. The van der Waals surface area contributed by atoms with Crippen molar-refractivity contribution in [2.75, 3.05) is 5.75 Å². The Balaban J connectivity index is 0.000000557. The lowest BCUT2D eigenvalue weighted by Crippen LogP contribution is -2.05. The molecule has 1 heterocycles. The van der Waals surface area contributed by atoms with Crippen LogP contribution in [0.2, 0.25) is 0 Å². The van der Waals surface area contributed by atoms with Crippen LogP contribution < -0.4 is 0 Å². The van der Waals surface area contributed by atoms with Gasteiger partial charge in [-0.15, -0.1) is 11.8 Å². The van der Waals surface area contributed by atoms with Gasteiger partial charge in [-0.2, -0.15) is 13.2 Å². The van der Waals surface area contributed by atoms with Crippen molar-refractivity contribution in [1.82, 2.24) is 4.98 Å². The summed E-state index contributed by atoms with van der Waals surface area (Å²) in [6.07, 6.45) is -2.03. The van der Waals surface area contributed by atoms with Gasteiger partial charge in [0.2, 0.25) is 0 Å². The molecule has 7 heteroatoms. The number of pyridine rings is 1. The summed E-state index contributed by atoms with van der Waals surface area (Å²) in [5, 5.41) is 7.42. The first-order chi connectivity index (χ1) is 7.77. The fourth-order valence-electron chi connectivity index (χ4n) is 0.819. The minimum Gasteiger partial charge on any atom is -0.481 e. The van der Waals surface area contributed by atoms with E-state index in [9.17, 15) is 13.2 Å². The summed E-state index contributed by atoms with van der Waals surface area (Å²) in [5.41, 5.74) is -0.689. The van der Waals surface area contributed by atoms with Gasteiger partial charge < -0.3 is 5.11 Å². The summed E-state index contributed by atoms with van der Waals surface area (Å²) < 4.78 is 36.5. The Labute approximate surface area is 101 Å². The number of hydrogen-bond donors (Lipinski definition) is 1. The zero-order valence-electron chi connectivity index (χ0n) is 9.28. The molecule has 0 aromatic carbocycles. The van der Waals surface area contributed by atoms with Crippen LogP contribution in [0.3, 0.4) is 0 Å². The first kappa shape index (κ1) is 15.8. The fourth-order valence-corrected chi connectivity index (χ4v) is 1.50. The van der Waals surface area contributed by atoms with Gasteiger partial charge in [-0.1, -0.05) is 6.92 Å². The number of aliphatic carboxylic acids is 1. The van der Waals surface area contributed by atoms with Crippen molar-refractivity contribution in [3.8, 4) is 0 Å². The number of thioether (sulfide) groups is 1. The van der Waals surface area contributed by atoms with Gasteiger partial charge in [0.1, 0.15) is 0 Å². The molecule has 1 rings (SSSR count). The van der Waals surface area contributed by atoms with Gasteiger partial charge in [-0.3, -0.25) is 9.78 Å². The highest BCUT2D eigenvalue weighted by Crippen LogP contribution is 2.30. The monoisotopic (exact) mass is 267 g/mol. The highest BCUT2D eigenvalue weighted by molar-refractivity contribution is 7.99. The summed E-state index contributed by atoms with van der Waals surface area (Å²) in [4.78, 5) is 13.1. The maximum absolute atomic E-state index is 12.2. The van der Waals surface area contributed by atoms with Gasteiger partial charge in [0.15, 0.2) is 0 Å². The van der Waals surface area contributed by atoms with E-state index in [-0.39, 0.29) is 0 Å². The second-order valence-electron chi connectivity index (χ2n) is 2.86. The van der Waals surface area contributed by atoms with Crippen LogP contribution in [-0.2, 0) is 11.0 Å². The number of aromatic nitrogens is 1. The molecule has 0 radical (unpaired) electrons. The Morgan fingerprint density at radius 1 is 1.47 bits per heavy atom. The van der Waals surface area contributed by atoms with Gasteiger partial charge in [0.05, 0.1) is 5.56 Å². The highest BCUT2D eigenvalue weighted by atomic mass is 32.2. The minimum absolute atomic E-state index is 0.553. The van der Waals surface area contributed by atoms with Gasteiger partial charge in [-0.25, -0.2) is 0 Å². The van der Waals surface area contributed by atoms with Crippen LogP contribution in [0.1, 0.15) is 19.4 Å². The summed E-state index contributed by atoms with van der Waals surface area (Å²) >= 11 is 1.34. The molecule has 96 valence electrons. The Hall–Kier alpha value is -1.24. The van der Waals surface area contributed by atoms with E-state index in [1.807, 2.05) is 6.92 Å². The van der Waals surface area contributed by atoms with Crippen molar-refractivity contribution in [2.45, 2.75) is 24.9 Å². The lowest BCUT2D eigenvalue weighted by atomic mass is 10.3. The Morgan fingerprint density at radius 3 is 2.41 bits per heavy atom. The predicted octanol–water partition coefficient (Wildman–Crippen LogP) is 3.30. The Kier molecular flexibility index (Phi) is 6.64. The van der Waals surface area contributed by atoms with E-state index in [0.29, 0.717) is 4.90 Å². The number of nitrogens with zero attached hydrogens (tertiary/aromatic N) is 1. The molecule has 0 saturated heterocycles. The van der Waals surface area contributed by atoms with Crippen LogP contribution in [0, 0.1) is 0 Å². The van der Waals surface area contributed by atoms with E-state index in [0.717, 1.165) is 24.9 Å². The lowest BCUT2D eigenvalue weighted by molar-refractivity contribution is -0.138. The molecule has 0 unspecified atom stereocenters. The molecule has 0 aliphatic heterocycles. The summed E-state index contributed by atoms with van der Waals surface area (Å²) in [6.45, 7) is 2.96. The smallest absolute Gasteiger partial charge is 0.417 e. The number of rotatable bonds is 2. The molecular formula is C10H12F3NO2S. The van der Waals surface area contributed by atoms with Crippen LogP contribution in [0.25, 0.3) is 0 Å². The summed E-state index contributed by atoms with van der Waals surface area (Å²) in [6, 6.07) is 1.11. The highest BCUT2D eigenvalue weighted by Gasteiger charge is 2.30. The molecular weight excluding hydrogens is 255 g/mol. The second kappa shape index (κ2) is 7.16. The molecule has 0 aliphatic carbocycles.